The molecule has 0 heterocycles. The van der Waals surface area contributed by atoms with Crippen molar-refractivity contribution in [3.63, 3.8) is 0 Å². The van der Waals surface area contributed by atoms with Gasteiger partial charge in [0.2, 0.25) is 0 Å². The van der Waals surface area contributed by atoms with Crippen LogP contribution in [0.4, 0.5) is 0 Å². The topological polar surface area (TPSA) is 18.5 Å². The van der Waals surface area contributed by atoms with E-state index in [2.05, 4.69) is 91.8 Å². The van der Waals surface area contributed by atoms with Crippen molar-refractivity contribution in [1.29, 1.82) is 0 Å². The Labute approximate surface area is 172 Å². The van der Waals surface area contributed by atoms with Gasteiger partial charge in [-0.1, -0.05) is 77.9 Å². The summed E-state index contributed by atoms with van der Waals surface area (Å²) < 4.78 is 12.6. The third kappa shape index (κ3) is 6.29. The average Bonchev–Trinajstić information content (AvgIpc) is 2.59. The van der Waals surface area contributed by atoms with Crippen LogP contribution in [0, 0.1) is 0 Å². The molecule has 0 aliphatic heterocycles. The smallest absolute Gasteiger partial charge is 0.123 e. The molecule has 0 aliphatic carbocycles. The second kappa shape index (κ2) is 9.03. The zero-order valence-corrected chi connectivity index (χ0v) is 19.0. The molecule has 28 heavy (non-hydrogen) atoms. The van der Waals surface area contributed by atoms with Crippen molar-refractivity contribution >= 4 is 0 Å². The largest absolute Gasteiger partial charge is 0.490 e. The van der Waals surface area contributed by atoms with E-state index in [0.29, 0.717) is 0 Å². The maximum Gasteiger partial charge on any atom is 0.123 e. The SMILES string of the molecule is CC(CCC(C)Oc1ccccc1C(C)(C)C)Oc1ccccc1C(C)(C)C. The van der Waals surface area contributed by atoms with Crippen molar-refractivity contribution in [2.45, 2.75) is 91.3 Å². The van der Waals surface area contributed by atoms with E-state index in [9.17, 15) is 0 Å². The molecule has 0 spiro atoms. The summed E-state index contributed by atoms with van der Waals surface area (Å²) in [7, 11) is 0. The molecule has 2 nitrogen and oxygen atoms in total. The Balaban J connectivity index is 1.95. The third-order valence-corrected chi connectivity index (χ3v) is 5.03. The van der Waals surface area contributed by atoms with Gasteiger partial charge in [-0.3, -0.25) is 0 Å². The molecular formula is C26H38O2. The van der Waals surface area contributed by atoms with Crippen molar-refractivity contribution in [3.8, 4) is 11.5 Å². The Morgan fingerprint density at radius 2 is 0.929 bits per heavy atom. The number of benzene rings is 2. The van der Waals surface area contributed by atoms with Crippen molar-refractivity contribution in [1.82, 2.24) is 0 Å². The number of rotatable bonds is 7. The first-order valence-corrected chi connectivity index (χ1v) is 10.5. The molecule has 2 atom stereocenters. The van der Waals surface area contributed by atoms with Crippen LogP contribution in [0.1, 0.15) is 79.4 Å². The van der Waals surface area contributed by atoms with Gasteiger partial charge in [0.1, 0.15) is 11.5 Å². The number of para-hydroxylation sites is 2. The number of hydrogen-bond donors (Lipinski definition) is 0. The fourth-order valence-electron chi connectivity index (χ4n) is 3.40. The summed E-state index contributed by atoms with van der Waals surface area (Å²) in [5.74, 6) is 1.99. The summed E-state index contributed by atoms with van der Waals surface area (Å²) in [6.45, 7) is 17.6. The van der Waals surface area contributed by atoms with Gasteiger partial charge in [0.25, 0.3) is 0 Å². The molecule has 2 unspecified atom stereocenters. The van der Waals surface area contributed by atoms with E-state index in [1.165, 1.54) is 11.1 Å². The van der Waals surface area contributed by atoms with Crippen LogP contribution in [-0.2, 0) is 10.8 Å². The molecule has 0 bridgehead atoms. The van der Waals surface area contributed by atoms with Crippen molar-refractivity contribution in [2.75, 3.05) is 0 Å². The van der Waals surface area contributed by atoms with E-state index in [-0.39, 0.29) is 23.0 Å². The number of hydrogen-bond acceptors (Lipinski definition) is 2. The van der Waals surface area contributed by atoms with Crippen LogP contribution >= 0.6 is 0 Å². The molecule has 0 saturated carbocycles. The zero-order chi connectivity index (χ0) is 20.9. The molecule has 0 fully saturated rings. The highest BCUT2D eigenvalue weighted by Gasteiger charge is 2.21. The lowest BCUT2D eigenvalue weighted by Gasteiger charge is -2.26. The predicted octanol–water partition coefficient (Wildman–Crippen LogP) is 7.30. The molecule has 2 rings (SSSR count). The fourth-order valence-corrected chi connectivity index (χ4v) is 3.40. The van der Waals surface area contributed by atoms with Gasteiger partial charge in [0, 0.05) is 0 Å². The van der Waals surface area contributed by atoms with Crippen molar-refractivity contribution < 1.29 is 9.47 Å². The lowest BCUT2D eigenvalue weighted by Crippen LogP contribution is -2.21. The zero-order valence-electron chi connectivity index (χ0n) is 19.0. The first-order chi connectivity index (χ1) is 13.0. The molecule has 0 aromatic heterocycles. The van der Waals surface area contributed by atoms with E-state index in [1.54, 1.807) is 0 Å². The lowest BCUT2D eigenvalue weighted by atomic mass is 9.86. The van der Waals surface area contributed by atoms with Crippen LogP contribution in [0.25, 0.3) is 0 Å². The highest BCUT2D eigenvalue weighted by atomic mass is 16.5. The van der Waals surface area contributed by atoms with Gasteiger partial charge in [0.15, 0.2) is 0 Å². The summed E-state index contributed by atoms with van der Waals surface area (Å²) >= 11 is 0. The van der Waals surface area contributed by atoms with Crippen LogP contribution < -0.4 is 9.47 Å². The molecular weight excluding hydrogens is 344 g/mol. The molecule has 0 radical (unpaired) electrons. The van der Waals surface area contributed by atoms with Crippen LogP contribution in [0.2, 0.25) is 0 Å². The average molecular weight is 383 g/mol. The minimum absolute atomic E-state index is 0.0728. The Morgan fingerprint density at radius 1 is 0.607 bits per heavy atom. The minimum Gasteiger partial charge on any atom is -0.490 e. The summed E-state index contributed by atoms with van der Waals surface area (Å²) in [4.78, 5) is 0. The molecule has 0 amide bonds. The Bertz CT molecular complexity index is 684. The summed E-state index contributed by atoms with van der Waals surface area (Å²) in [5, 5.41) is 0. The number of ether oxygens (including phenoxy) is 2. The molecule has 2 heteroatoms. The molecule has 2 aromatic carbocycles. The van der Waals surface area contributed by atoms with Gasteiger partial charge in [-0.15, -0.1) is 0 Å². The van der Waals surface area contributed by atoms with E-state index in [4.69, 9.17) is 9.47 Å². The fraction of sp³-hybridized carbons (Fsp3) is 0.538. The minimum atomic E-state index is 0.0728. The van der Waals surface area contributed by atoms with Crippen LogP contribution in [0.15, 0.2) is 48.5 Å². The van der Waals surface area contributed by atoms with Crippen molar-refractivity contribution in [2.24, 2.45) is 0 Å². The lowest BCUT2D eigenvalue weighted by molar-refractivity contribution is 0.157. The second-order valence-electron chi connectivity index (χ2n) is 9.93. The first kappa shape index (κ1) is 22.3. The highest BCUT2D eigenvalue weighted by molar-refractivity contribution is 5.39. The Morgan fingerprint density at radius 3 is 1.25 bits per heavy atom. The monoisotopic (exact) mass is 382 g/mol. The molecule has 0 aliphatic rings. The van der Waals surface area contributed by atoms with Gasteiger partial charge in [0.05, 0.1) is 12.2 Å². The highest BCUT2D eigenvalue weighted by Crippen LogP contribution is 2.33. The van der Waals surface area contributed by atoms with Gasteiger partial charge in [-0.2, -0.15) is 0 Å². The van der Waals surface area contributed by atoms with Crippen LogP contribution in [0.5, 0.6) is 11.5 Å². The molecule has 0 saturated heterocycles. The normalized spacial score (nSPS) is 14.4. The summed E-state index contributed by atoms with van der Waals surface area (Å²) in [6, 6.07) is 16.8. The van der Waals surface area contributed by atoms with E-state index >= 15 is 0 Å². The van der Waals surface area contributed by atoms with Gasteiger partial charge in [-0.25, -0.2) is 0 Å². The third-order valence-electron chi connectivity index (χ3n) is 5.03. The van der Waals surface area contributed by atoms with Gasteiger partial charge >= 0.3 is 0 Å². The summed E-state index contributed by atoms with van der Waals surface area (Å²) in [6.07, 6.45) is 2.20. The maximum absolute atomic E-state index is 6.30. The Kier molecular flexibility index (Phi) is 7.20. The van der Waals surface area contributed by atoms with Crippen LogP contribution in [-0.4, -0.2) is 12.2 Å². The van der Waals surface area contributed by atoms with Crippen molar-refractivity contribution in [3.05, 3.63) is 59.7 Å². The second-order valence-corrected chi connectivity index (χ2v) is 9.93. The predicted molar refractivity (Wildman–Crippen MR) is 120 cm³/mol. The maximum atomic E-state index is 6.30. The molecule has 2 aromatic rings. The van der Waals surface area contributed by atoms with Gasteiger partial charge in [-0.05, 0) is 60.8 Å². The summed E-state index contributed by atoms with van der Waals surface area (Å²) in [5.41, 5.74) is 2.66. The molecule has 154 valence electrons. The van der Waals surface area contributed by atoms with Gasteiger partial charge < -0.3 is 9.47 Å². The quantitative estimate of drug-likeness (QED) is 0.500. The molecule has 0 N–H and O–H groups in total. The van der Waals surface area contributed by atoms with E-state index in [0.717, 1.165) is 24.3 Å². The van der Waals surface area contributed by atoms with Crippen LogP contribution in [0.3, 0.4) is 0 Å². The Hall–Kier alpha value is -1.96. The first-order valence-electron chi connectivity index (χ1n) is 10.5. The van der Waals surface area contributed by atoms with E-state index in [1.807, 2.05) is 12.1 Å². The standard InChI is InChI=1S/C26H38O2/c1-19(27-23-15-11-9-13-21(23)25(3,4)5)17-18-20(2)28-24-16-12-10-14-22(24)26(6,7)8/h9-16,19-20H,17-18H2,1-8H3. The van der Waals surface area contributed by atoms with E-state index < -0.39 is 0 Å².